The molecule has 2 aliphatic rings. The monoisotopic (exact) mass is 452 g/mol. The van der Waals surface area contributed by atoms with E-state index in [0.717, 1.165) is 59.5 Å². The first kappa shape index (κ1) is 21.0. The number of fused-ring (bicyclic) bond motifs is 2. The number of aryl methyl sites for hydroxylation is 2. The molecule has 1 saturated carbocycles. The number of nitrogens with zero attached hydrogens (tertiary/aromatic N) is 4. The molecule has 0 radical (unpaired) electrons. The Hall–Kier alpha value is -3.59. The van der Waals surface area contributed by atoms with Crippen molar-refractivity contribution in [3.05, 3.63) is 69.3 Å². The zero-order valence-corrected chi connectivity index (χ0v) is 19.7. The summed E-state index contributed by atoms with van der Waals surface area (Å²) in [5.41, 5.74) is 5.94. The van der Waals surface area contributed by atoms with Crippen LogP contribution in [-0.4, -0.2) is 22.6 Å². The second-order valence-electron chi connectivity index (χ2n) is 9.89. The molecule has 1 saturated heterocycles. The van der Waals surface area contributed by atoms with Crippen molar-refractivity contribution in [2.24, 2.45) is 7.05 Å². The number of oxazole rings is 1. The van der Waals surface area contributed by atoms with Gasteiger partial charge in [-0.1, -0.05) is 18.6 Å². The summed E-state index contributed by atoms with van der Waals surface area (Å²) >= 11 is 0. The van der Waals surface area contributed by atoms with E-state index in [2.05, 4.69) is 42.2 Å². The number of anilines is 1. The summed E-state index contributed by atoms with van der Waals surface area (Å²) in [6.45, 7) is 3.57. The van der Waals surface area contributed by atoms with Crippen molar-refractivity contribution < 1.29 is 4.42 Å². The van der Waals surface area contributed by atoms with Crippen LogP contribution < -0.4 is 10.5 Å². The third kappa shape index (κ3) is 3.30. The van der Waals surface area contributed by atoms with Gasteiger partial charge in [-0.25, -0.2) is 4.98 Å². The highest BCUT2D eigenvalue weighted by Gasteiger charge is 2.29. The van der Waals surface area contributed by atoms with Gasteiger partial charge in [0.25, 0.3) is 5.56 Å². The van der Waals surface area contributed by atoms with E-state index >= 15 is 0 Å². The third-order valence-corrected chi connectivity index (χ3v) is 7.80. The van der Waals surface area contributed by atoms with Crippen LogP contribution in [-0.2, 0) is 7.05 Å². The lowest BCUT2D eigenvalue weighted by molar-refractivity contribution is 0.407. The Morgan fingerprint density at radius 2 is 1.85 bits per heavy atom. The molecule has 3 heterocycles. The molecule has 0 N–H and O–H groups in total. The van der Waals surface area contributed by atoms with E-state index in [0.29, 0.717) is 5.92 Å². The number of pyridine rings is 1. The van der Waals surface area contributed by atoms with Crippen molar-refractivity contribution in [3.63, 3.8) is 0 Å². The van der Waals surface area contributed by atoms with Crippen LogP contribution >= 0.6 is 0 Å². The molecule has 0 amide bonds. The normalized spacial score (nSPS) is 17.3. The molecule has 6 nitrogen and oxygen atoms in total. The van der Waals surface area contributed by atoms with E-state index in [4.69, 9.17) is 9.40 Å². The first-order valence-corrected chi connectivity index (χ1v) is 12.2. The summed E-state index contributed by atoms with van der Waals surface area (Å²) in [6.07, 6.45) is 5.45. The van der Waals surface area contributed by atoms with Gasteiger partial charge in [0.15, 0.2) is 11.5 Å². The third-order valence-electron chi connectivity index (χ3n) is 7.80. The maximum absolute atomic E-state index is 13.1. The molecule has 2 aromatic heterocycles. The number of nitriles is 1. The Morgan fingerprint density at radius 3 is 2.56 bits per heavy atom. The van der Waals surface area contributed by atoms with Gasteiger partial charge in [-0.15, -0.1) is 0 Å². The van der Waals surface area contributed by atoms with Crippen LogP contribution in [0, 0.1) is 18.3 Å². The number of hydrogen-bond acceptors (Lipinski definition) is 5. The van der Waals surface area contributed by atoms with E-state index in [1.54, 1.807) is 11.6 Å². The molecule has 34 heavy (non-hydrogen) atoms. The summed E-state index contributed by atoms with van der Waals surface area (Å²) in [4.78, 5) is 20.1. The van der Waals surface area contributed by atoms with Crippen molar-refractivity contribution in [2.45, 2.75) is 50.9 Å². The molecule has 6 rings (SSSR count). The Kier molecular flexibility index (Phi) is 4.95. The van der Waals surface area contributed by atoms with Crippen LogP contribution in [0.3, 0.4) is 0 Å². The Morgan fingerprint density at radius 1 is 1.06 bits per heavy atom. The SMILES string of the molecule is Cc1ccc2oc(C3CCN(c4c(C#N)c(=O)n(C)c5ccc(C6CCC6)cc45)CC3)nc2c1. The van der Waals surface area contributed by atoms with Crippen LogP contribution in [0.4, 0.5) is 5.69 Å². The van der Waals surface area contributed by atoms with Crippen LogP contribution in [0.5, 0.6) is 0 Å². The fourth-order valence-electron chi connectivity index (χ4n) is 5.55. The number of hydrogen-bond donors (Lipinski definition) is 0. The maximum Gasteiger partial charge on any atom is 0.270 e. The van der Waals surface area contributed by atoms with Crippen molar-refractivity contribution in [3.8, 4) is 6.07 Å². The minimum atomic E-state index is -0.224. The highest BCUT2D eigenvalue weighted by Crippen LogP contribution is 2.40. The average molecular weight is 453 g/mol. The van der Waals surface area contributed by atoms with Crippen LogP contribution in [0.2, 0.25) is 0 Å². The molecule has 1 aliphatic carbocycles. The first-order chi connectivity index (χ1) is 16.5. The minimum Gasteiger partial charge on any atom is -0.440 e. The Bertz CT molecular complexity index is 1510. The van der Waals surface area contributed by atoms with Gasteiger partial charge in [0.1, 0.15) is 17.1 Å². The second kappa shape index (κ2) is 8.02. The molecule has 0 unspecified atom stereocenters. The quantitative estimate of drug-likeness (QED) is 0.410. The molecule has 2 fully saturated rings. The van der Waals surface area contributed by atoms with Gasteiger partial charge in [-0.05, 0) is 73.9 Å². The molecular weight excluding hydrogens is 424 g/mol. The molecule has 2 aromatic carbocycles. The smallest absolute Gasteiger partial charge is 0.270 e. The molecule has 0 bridgehead atoms. The van der Waals surface area contributed by atoms with E-state index in [-0.39, 0.29) is 17.0 Å². The number of rotatable bonds is 3. The standard InChI is InChI=1S/C28H28N4O2/c1-17-6-9-25-23(14-17)30-27(34-25)19-10-12-32(13-11-19)26-21-15-20(18-4-3-5-18)7-8-24(21)31(2)28(33)22(26)16-29/h6-9,14-15,18-19H,3-5,10-13H2,1-2H3. The predicted octanol–water partition coefficient (Wildman–Crippen LogP) is 5.51. The van der Waals surface area contributed by atoms with Gasteiger partial charge >= 0.3 is 0 Å². The topological polar surface area (TPSA) is 75.1 Å². The van der Waals surface area contributed by atoms with E-state index < -0.39 is 0 Å². The average Bonchev–Trinajstić information content (AvgIpc) is 3.23. The fourth-order valence-corrected chi connectivity index (χ4v) is 5.55. The molecule has 6 heteroatoms. The van der Waals surface area contributed by atoms with Crippen LogP contribution in [0.1, 0.15) is 66.5 Å². The van der Waals surface area contributed by atoms with E-state index in [1.165, 1.54) is 30.4 Å². The minimum absolute atomic E-state index is 0.224. The molecule has 172 valence electrons. The zero-order chi connectivity index (χ0) is 23.4. The lowest BCUT2D eigenvalue weighted by Crippen LogP contribution is -2.36. The summed E-state index contributed by atoms with van der Waals surface area (Å²) in [5.74, 6) is 1.62. The summed E-state index contributed by atoms with van der Waals surface area (Å²) in [5, 5.41) is 11.0. The van der Waals surface area contributed by atoms with Gasteiger partial charge in [0.05, 0.1) is 11.2 Å². The van der Waals surface area contributed by atoms with Gasteiger partial charge in [0, 0.05) is 31.4 Å². The lowest BCUT2D eigenvalue weighted by atomic mass is 9.79. The van der Waals surface area contributed by atoms with Crippen molar-refractivity contribution >= 4 is 27.7 Å². The van der Waals surface area contributed by atoms with Crippen molar-refractivity contribution in [1.82, 2.24) is 9.55 Å². The highest BCUT2D eigenvalue weighted by molar-refractivity contribution is 5.95. The number of benzene rings is 2. The van der Waals surface area contributed by atoms with E-state index in [1.807, 2.05) is 12.1 Å². The van der Waals surface area contributed by atoms with E-state index in [9.17, 15) is 10.1 Å². The Balaban J connectivity index is 1.36. The first-order valence-electron chi connectivity index (χ1n) is 12.2. The molecular formula is C28H28N4O2. The molecule has 4 aromatic rings. The Labute approximate surface area is 198 Å². The van der Waals surface area contributed by atoms with Crippen LogP contribution in [0.25, 0.3) is 22.0 Å². The largest absolute Gasteiger partial charge is 0.440 e. The van der Waals surface area contributed by atoms with Gasteiger partial charge in [-0.2, -0.15) is 5.26 Å². The highest BCUT2D eigenvalue weighted by atomic mass is 16.3. The summed E-state index contributed by atoms with van der Waals surface area (Å²) in [6, 6.07) is 14.8. The van der Waals surface area contributed by atoms with Crippen LogP contribution in [0.15, 0.2) is 45.6 Å². The van der Waals surface area contributed by atoms with Gasteiger partial charge in [0.2, 0.25) is 0 Å². The molecule has 0 atom stereocenters. The fraction of sp³-hybridized carbons (Fsp3) is 0.393. The maximum atomic E-state index is 13.1. The number of piperidine rings is 1. The molecule has 0 spiro atoms. The zero-order valence-electron chi connectivity index (χ0n) is 19.7. The second-order valence-corrected chi connectivity index (χ2v) is 9.89. The van der Waals surface area contributed by atoms with Gasteiger partial charge < -0.3 is 13.9 Å². The van der Waals surface area contributed by atoms with Crippen molar-refractivity contribution in [2.75, 3.05) is 18.0 Å². The predicted molar refractivity (Wildman–Crippen MR) is 133 cm³/mol. The molecule has 1 aliphatic heterocycles. The summed E-state index contributed by atoms with van der Waals surface area (Å²) < 4.78 is 7.70. The summed E-state index contributed by atoms with van der Waals surface area (Å²) in [7, 11) is 1.76. The van der Waals surface area contributed by atoms with Gasteiger partial charge in [-0.3, -0.25) is 4.79 Å². The lowest BCUT2D eigenvalue weighted by Gasteiger charge is -2.34. The number of aromatic nitrogens is 2. The van der Waals surface area contributed by atoms with Crippen molar-refractivity contribution in [1.29, 1.82) is 5.26 Å².